The summed E-state index contributed by atoms with van der Waals surface area (Å²) in [5, 5.41) is 6.93. The van der Waals surface area contributed by atoms with Gasteiger partial charge in [-0.2, -0.15) is 0 Å². The number of aromatic amines is 1. The number of hydrogen-bond donors (Lipinski definition) is 1. The first-order chi connectivity index (χ1) is 10.3. The lowest BCUT2D eigenvalue weighted by Gasteiger charge is -2.36. The topological polar surface area (TPSA) is 65.1 Å². The Labute approximate surface area is 125 Å². The minimum absolute atomic E-state index is 0.0199. The van der Waals surface area contributed by atoms with E-state index in [9.17, 15) is 4.79 Å². The predicted octanol–water partition coefficient (Wildman–Crippen LogP) is 1.46. The van der Waals surface area contributed by atoms with Crippen molar-refractivity contribution in [2.24, 2.45) is 0 Å². The molecule has 0 aromatic carbocycles. The molecule has 21 heavy (non-hydrogen) atoms. The molecule has 2 fully saturated rings. The largest absolute Gasteiger partial charge is 0.336 e. The molecule has 1 aromatic rings. The number of carbonyl (C=O) groups is 1. The molecule has 3 heterocycles. The van der Waals surface area contributed by atoms with Gasteiger partial charge < -0.3 is 9.80 Å². The molecule has 2 aliphatic rings. The molecule has 2 saturated heterocycles. The molecule has 1 N–H and O–H groups in total. The van der Waals surface area contributed by atoms with Gasteiger partial charge in [0.2, 0.25) is 5.82 Å². The number of H-pyrrole nitrogens is 1. The summed E-state index contributed by atoms with van der Waals surface area (Å²) in [5.41, 5.74) is 0. The first-order valence-electron chi connectivity index (χ1n) is 8.22. The minimum Gasteiger partial charge on any atom is -0.336 e. The second kappa shape index (κ2) is 6.56. The van der Waals surface area contributed by atoms with Crippen molar-refractivity contribution in [2.75, 3.05) is 26.2 Å². The van der Waals surface area contributed by atoms with Gasteiger partial charge in [-0.1, -0.05) is 6.92 Å². The quantitative estimate of drug-likeness (QED) is 0.912. The Kier molecular flexibility index (Phi) is 4.53. The van der Waals surface area contributed by atoms with Gasteiger partial charge in [0.15, 0.2) is 0 Å². The standard InChI is InChI=1S/C15H25N5O/c1-2-5-13-16-14(18-17-13)15(21)20-10-6-12(7-11-20)19-8-3-4-9-19/h12H,2-11H2,1H3,(H,16,17,18). The zero-order valence-corrected chi connectivity index (χ0v) is 12.8. The molecule has 0 atom stereocenters. The van der Waals surface area contributed by atoms with E-state index in [-0.39, 0.29) is 5.91 Å². The van der Waals surface area contributed by atoms with Crippen LogP contribution in [0.25, 0.3) is 0 Å². The van der Waals surface area contributed by atoms with Crippen molar-refractivity contribution in [3.63, 3.8) is 0 Å². The Morgan fingerprint density at radius 3 is 2.62 bits per heavy atom. The van der Waals surface area contributed by atoms with Crippen molar-refractivity contribution >= 4 is 5.91 Å². The summed E-state index contributed by atoms with van der Waals surface area (Å²) in [6.45, 7) is 6.22. The Bertz CT molecular complexity index is 472. The molecule has 3 rings (SSSR count). The first kappa shape index (κ1) is 14.5. The molecule has 0 saturated carbocycles. The fourth-order valence-corrected chi connectivity index (χ4v) is 3.42. The third-order valence-electron chi connectivity index (χ3n) is 4.62. The van der Waals surface area contributed by atoms with Crippen LogP contribution in [0.3, 0.4) is 0 Å². The highest BCUT2D eigenvalue weighted by molar-refractivity contribution is 5.90. The Morgan fingerprint density at radius 2 is 1.95 bits per heavy atom. The minimum atomic E-state index is -0.0199. The van der Waals surface area contributed by atoms with Crippen LogP contribution in [0.1, 0.15) is 55.5 Å². The van der Waals surface area contributed by atoms with Gasteiger partial charge >= 0.3 is 0 Å². The van der Waals surface area contributed by atoms with E-state index in [1.54, 1.807) is 0 Å². The molecule has 2 aliphatic heterocycles. The molecule has 0 radical (unpaired) electrons. The van der Waals surface area contributed by atoms with E-state index in [0.29, 0.717) is 11.9 Å². The zero-order chi connectivity index (χ0) is 14.7. The highest BCUT2D eigenvalue weighted by atomic mass is 16.2. The number of piperidine rings is 1. The van der Waals surface area contributed by atoms with Crippen molar-refractivity contribution in [2.45, 2.75) is 51.5 Å². The van der Waals surface area contributed by atoms with Crippen molar-refractivity contribution in [3.05, 3.63) is 11.6 Å². The average Bonchev–Trinajstić information content (AvgIpc) is 3.19. The van der Waals surface area contributed by atoms with Crippen LogP contribution in [0.15, 0.2) is 0 Å². The van der Waals surface area contributed by atoms with Crippen LogP contribution in [-0.2, 0) is 6.42 Å². The number of rotatable bonds is 4. The molecule has 0 unspecified atom stereocenters. The van der Waals surface area contributed by atoms with E-state index in [0.717, 1.165) is 44.6 Å². The Hall–Kier alpha value is -1.43. The van der Waals surface area contributed by atoms with Gasteiger partial charge in [-0.15, -0.1) is 5.10 Å². The summed E-state index contributed by atoms with van der Waals surface area (Å²) in [5.74, 6) is 1.12. The molecule has 1 aromatic heterocycles. The SMILES string of the molecule is CCCc1nc(C(=O)N2CCC(N3CCCC3)CC2)n[nH]1. The lowest BCUT2D eigenvalue weighted by Crippen LogP contribution is -2.46. The highest BCUT2D eigenvalue weighted by Gasteiger charge is 2.29. The molecule has 116 valence electrons. The lowest BCUT2D eigenvalue weighted by atomic mass is 10.0. The van der Waals surface area contributed by atoms with E-state index < -0.39 is 0 Å². The monoisotopic (exact) mass is 291 g/mol. The van der Waals surface area contributed by atoms with Gasteiger partial charge in [-0.05, 0) is 45.2 Å². The molecule has 0 bridgehead atoms. The second-order valence-corrected chi connectivity index (χ2v) is 6.12. The average molecular weight is 291 g/mol. The maximum absolute atomic E-state index is 12.4. The number of carbonyl (C=O) groups excluding carboxylic acids is 1. The van der Waals surface area contributed by atoms with Crippen molar-refractivity contribution < 1.29 is 4.79 Å². The Balaban J connectivity index is 1.54. The number of nitrogens with zero attached hydrogens (tertiary/aromatic N) is 4. The maximum Gasteiger partial charge on any atom is 0.293 e. The summed E-state index contributed by atoms with van der Waals surface area (Å²) in [7, 11) is 0. The fourth-order valence-electron chi connectivity index (χ4n) is 3.42. The number of amides is 1. The van der Waals surface area contributed by atoms with Crippen LogP contribution in [0.5, 0.6) is 0 Å². The van der Waals surface area contributed by atoms with E-state index >= 15 is 0 Å². The first-order valence-corrected chi connectivity index (χ1v) is 8.22. The van der Waals surface area contributed by atoms with Gasteiger partial charge in [0.25, 0.3) is 5.91 Å². The summed E-state index contributed by atoms with van der Waals surface area (Å²) in [6.07, 6.45) is 6.67. The van der Waals surface area contributed by atoms with Crippen LogP contribution in [0, 0.1) is 0 Å². The summed E-state index contributed by atoms with van der Waals surface area (Å²) < 4.78 is 0. The number of likely N-dealkylation sites (tertiary alicyclic amines) is 2. The van der Waals surface area contributed by atoms with E-state index in [4.69, 9.17) is 0 Å². The molecule has 6 heteroatoms. The van der Waals surface area contributed by atoms with E-state index in [1.807, 2.05) is 4.90 Å². The number of aryl methyl sites for hydroxylation is 1. The van der Waals surface area contributed by atoms with Gasteiger partial charge in [0.1, 0.15) is 5.82 Å². The van der Waals surface area contributed by atoms with Gasteiger partial charge in [0.05, 0.1) is 0 Å². The van der Waals surface area contributed by atoms with Crippen molar-refractivity contribution in [1.82, 2.24) is 25.0 Å². The summed E-state index contributed by atoms with van der Waals surface area (Å²) in [4.78, 5) is 21.2. The van der Waals surface area contributed by atoms with E-state index in [1.165, 1.54) is 25.9 Å². The summed E-state index contributed by atoms with van der Waals surface area (Å²) in [6, 6.07) is 0.666. The Morgan fingerprint density at radius 1 is 1.24 bits per heavy atom. The third kappa shape index (κ3) is 3.26. The number of aromatic nitrogens is 3. The fraction of sp³-hybridized carbons (Fsp3) is 0.800. The molecule has 0 aliphatic carbocycles. The van der Waals surface area contributed by atoms with Gasteiger partial charge in [-0.3, -0.25) is 9.89 Å². The van der Waals surface area contributed by atoms with Crippen LogP contribution in [0.2, 0.25) is 0 Å². The van der Waals surface area contributed by atoms with Crippen LogP contribution < -0.4 is 0 Å². The van der Waals surface area contributed by atoms with E-state index in [2.05, 4.69) is 27.0 Å². The lowest BCUT2D eigenvalue weighted by molar-refractivity contribution is 0.0633. The summed E-state index contributed by atoms with van der Waals surface area (Å²) >= 11 is 0. The number of hydrogen-bond acceptors (Lipinski definition) is 4. The number of nitrogens with one attached hydrogen (secondary N) is 1. The van der Waals surface area contributed by atoms with Crippen LogP contribution in [-0.4, -0.2) is 63.1 Å². The van der Waals surface area contributed by atoms with Crippen molar-refractivity contribution in [3.8, 4) is 0 Å². The molecule has 1 amide bonds. The third-order valence-corrected chi connectivity index (χ3v) is 4.62. The smallest absolute Gasteiger partial charge is 0.293 e. The van der Waals surface area contributed by atoms with Gasteiger partial charge in [-0.25, -0.2) is 4.98 Å². The van der Waals surface area contributed by atoms with Gasteiger partial charge in [0, 0.05) is 25.6 Å². The molecular weight excluding hydrogens is 266 g/mol. The highest BCUT2D eigenvalue weighted by Crippen LogP contribution is 2.21. The molecule has 6 nitrogen and oxygen atoms in total. The second-order valence-electron chi connectivity index (χ2n) is 6.12. The van der Waals surface area contributed by atoms with Crippen molar-refractivity contribution in [1.29, 1.82) is 0 Å². The molecule has 0 spiro atoms. The maximum atomic E-state index is 12.4. The van der Waals surface area contributed by atoms with Crippen LogP contribution >= 0.6 is 0 Å². The predicted molar refractivity (Wildman–Crippen MR) is 80.1 cm³/mol. The van der Waals surface area contributed by atoms with Crippen LogP contribution in [0.4, 0.5) is 0 Å². The molecular formula is C15H25N5O. The zero-order valence-electron chi connectivity index (χ0n) is 12.8. The normalized spacial score (nSPS) is 21.1.